The molecule has 0 aliphatic heterocycles. The van der Waals surface area contributed by atoms with E-state index in [2.05, 4.69) is 5.10 Å². The zero-order chi connectivity index (χ0) is 14.8. The molecule has 0 amide bonds. The van der Waals surface area contributed by atoms with Gasteiger partial charge >= 0.3 is 0 Å². The maximum Gasteiger partial charge on any atom is 0.167 e. The van der Waals surface area contributed by atoms with Gasteiger partial charge in [-0.3, -0.25) is 9.48 Å². The molecule has 4 heteroatoms. The Labute approximate surface area is 121 Å². The number of nitrogens with zero attached hydrogens (tertiary/aromatic N) is 2. The van der Waals surface area contributed by atoms with Gasteiger partial charge in [0.1, 0.15) is 6.10 Å². The van der Waals surface area contributed by atoms with Crippen molar-refractivity contribution in [1.82, 2.24) is 9.78 Å². The highest BCUT2D eigenvalue weighted by atomic mass is 16.3. The number of hydrogen-bond acceptors (Lipinski definition) is 3. The van der Waals surface area contributed by atoms with E-state index in [1.807, 2.05) is 37.7 Å². The largest absolute Gasteiger partial charge is 0.385 e. The molecule has 0 saturated heterocycles. The number of hydrogen-bond donors (Lipinski definition) is 1. The number of aliphatic hydroxyl groups is 1. The Kier molecular flexibility index (Phi) is 4.63. The molecule has 1 aliphatic rings. The van der Waals surface area contributed by atoms with Gasteiger partial charge in [-0.1, -0.05) is 40.0 Å². The molecule has 0 radical (unpaired) electrons. The standard InChI is InChI=1S/C16H26N2O2/c1-16(2,3)15(20)14(19)11-12-9-10-18(17-12)13-7-5-4-6-8-13/h9-10,13,15,20H,4-8,11H2,1-3H3. The number of carbonyl (C=O) groups is 1. The van der Waals surface area contributed by atoms with Crippen molar-refractivity contribution < 1.29 is 9.90 Å². The fourth-order valence-electron chi connectivity index (χ4n) is 2.78. The van der Waals surface area contributed by atoms with Crippen molar-refractivity contribution in [3.8, 4) is 0 Å². The number of aliphatic hydroxyl groups excluding tert-OH is 1. The van der Waals surface area contributed by atoms with Gasteiger partial charge in [-0.2, -0.15) is 5.10 Å². The first-order valence-electron chi connectivity index (χ1n) is 7.63. The average molecular weight is 278 g/mol. The molecule has 1 aromatic heterocycles. The SMILES string of the molecule is CC(C)(C)C(O)C(=O)Cc1ccn(C2CCCCC2)n1. The summed E-state index contributed by atoms with van der Waals surface area (Å²) >= 11 is 0. The molecule has 1 heterocycles. The quantitative estimate of drug-likeness (QED) is 0.921. The van der Waals surface area contributed by atoms with Crippen LogP contribution in [-0.4, -0.2) is 26.8 Å². The first-order valence-corrected chi connectivity index (χ1v) is 7.63. The topological polar surface area (TPSA) is 55.1 Å². The van der Waals surface area contributed by atoms with Gasteiger partial charge in [0, 0.05) is 6.20 Å². The lowest BCUT2D eigenvalue weighted by atomic mass is 9.85. The highest BCUT2D eigenvalue weighted by Gasteiger charge is 2.29. The number of Topliss-reactive ketones (excluding diaryl/α,β-unsaturated/α-hetero) is 1. The maximum absolute atomic E-state index is 12.0. The monoisotopic (exact) mass is 278 g/mol. The molecular weight excluding hydrogens is 252 g/mol. The van der Waals surface area contributed by atoms with Crippen LogP contribution in [0.25, 0.3) is 0 Å². The Morgan fingerprint density at radius 2 is 2.05 bits per heavy atom. The second kappa shape index (κ2) is 6.08. The average Bonchev–Trinajstić information content (AvgIpc) is 2.86. The van der Waals surface area contributed by atoms with E-state index in [1.165, 1.54) is 32.1 Å². The van der Waals surface area contributed by atoms with E-state index in [1.54, 1.807) is 0 Å². The Morgan fingerprint density at radius 3 is 2.65 bits per heavy atom. The zero-order valence-corrected chi connectivity index (χ0v) is 12.8. The summed E-state index contributed by atoms with van der Waals surface area (Å²) in [7, 11) is 0. The van der Waals surface area contributed by atoms with Crippen molar-refractivity contribution in [2.75, 3.05) is 0 Å². The second-order valence-corrected chi connectivity index (χ2v) is 6.99. The summed E-state index contributed by atoms with van der Waals surface area (Å²) in [5.74, 6) is -0.147. The van der Waals surface area contributed by atoms with Gasteiger partial charge in [0.25, 0.3) is 0 Å². The summed E-state index contributed by atoms with van der Waals surface area (Å²) in [5.41, 5.74) is 0.354. The molecule has 1 aromatic rings. The van der Waals surface area contributed by atoms with Gasteiger partial charge in [-0.05, 0) is 24.3 Å². The van der Waals surface area contributed by atoms with E-state index in [9.17, 15) is 9.90 Å². The molecule has 4 nitrogen and oxygen atoms in total. The van der Waals surface area contributed by atoms with Crippen LogP contribution in [0.5, 0.6) is 0 Å². The van der Waals surface area contributed by atoms with Crippen LogP contribution < -0.4 is 0 Å². The third kappa shape index (κ3) is 3.69. The van der Waals surface area contributed by atoms with Crippen molar-refractivity contribution in [1.29, 1.82) is 0 Å². The fourth-order valence-corrected chi connectivity index (χ4v) is 2.78. The molecule has 0 spiro atoms. The Balaban J connectivity index is 1.97. The molecule has 1 atom stereocenters. The fraction of sp³-hybridized carbons (Fsp3) is 0.750. The minimum Gasteiger partial charge on any atom is -0.385 e. The van der Waals surface area contributed by atoms with Crippen LogP contribution in [0, 0.1) is 5.41 Å². The summed E-state index contributed by atoms with van der Waals surface area (Å²) in [4.78, 5) is 12.0. The number of ketones is 1. The van der Waals surface area contributed by atoms with Gasteiger partial charge < -0.3 is 5.11 Å². The van der Waals surface area contributed by atoms with Crippen molar-refractivity contribution in [3.63, 3.8) is 0 Å². The van der Waals surface area contributed by atoms with Crippen LogP contribution in [0.2, 0.25) is 0 Å². The van der Waals surface area contributed by atoms with Gasteiger partial charge in [-0.25, -0.2) is 0 Å². The summed E-state index contributed by atoms with van der Waals surface area (Å²) in [6.45, 7) is 5.61. The highest BCUT2D eigenvalue weighted by Crippen LogP contribution is 2.27. The van der Waals surface area contributed by atoms with Crippen LogP contribution in [0.3, 0.4) is 0 Å². The summed E-state index contributed by atoms with van der Waals surface area (Å²) in [6, 6.07) is 2.39. The minimum atomic E-state index is -0.928. The summed E-state index contributed by atoms with van der Waals surface area (Å²) in [6.07, 6.45) is 7.48. The number of carbonyl (C=O) groups excluding carboxylic acids is 1. The molecule has 1 saturated carbocycles. The first-order chi connectivity index (χ1) is 9.38. The molecule has 2 rings (SSSR count). The van der Waals surface area contributed by atoms with Crippen molar-refractivity contribution in [3.05, 3.63) is 18.0 Å². The van der Waals surface area contributed by atoms with Gasteiger partial charge in [0.05, 0.1) is 18.2 Å². The maximum atomic E-state index is 12.0. The van der Waals surface area contributed by atoms with E-state index >= 15 is 0 Å². The van der Waals surface area contributed by atoms with E-state index < -0.39 is 11.5 Å². The van der Waals surface area contributed by atoms with E-state index in [4.69, 9.17) is 0 Å². The van der Waals surface area contributed by atoms with Gasteiger partial charge in [0.15, 0.2) is 5.78 Å². The molecule has 1 aliphatic carbocycles. The molecule has 0 bridgehead atoms. The van der Waals surface area contributed by atoms with Crippen molar-refractivity contribution in [2.45, 2.75) is 71.4 Å². The molecule has 0 aromatic carbocycles. The third-order valence-corrected chi connectivity index (χ3v) is 4.09. The number of rotatable bonds is 4. The predicted octanol–water partition coefficient (Wildman–Crippen LogP) is 2.91. The highest BCUT2D eigenvalue weighted by molar-refractivity contribution is 5.85. The van der Waals surface area contributed by atoms with Gasteiger partial charge in [0.2, 0.25) is 0 Å². The summed E-state index contributed by atoms with van der Waals surface area (Å²) in [5, 5.41) is 14.5. The van der Waals surface area contributed by atoms with Crippen LogP contribution in [0.1, 0.15) is 64.6 Å². The lowest BCUT2D eigenvalue weighted by Gasteiger charge is -2.24. The molecule has 1 fully saturated rings. The molecular formula is C16H26N2O2. The Bertz CT molecular complexity index is 453. The van der Waals surface area contributed by atoms with E-state index in [-0.39, 0.29) is 12.2 Å². The van der Waals surface area contributed by atoms with E-state index in [0.717, 1.165) is 5.69 Å². The predicted molar refractivity (Wildman–Crippen MR) is 78.5 cm³/mol. The van der Waals surface area contributed by atoms with Crippen LogP contribution in [0.15, 0.2) is 12.3 Å². The van der Waals surface area contributed by atoms with E-state index in [0.29, 0.717) is 6.04 Å². The van der Waals surface area contributed by atoms with Crippen LogP contribution in [0.4, 0.5) is 0 Å². The van der Waals surface area contributed by atoms with Crippen molar-refractivity contribution >= 4 is 5.78 Å². The molecule has 20 heavy (non-hydrogen) atoms. The van der Waals surface area contributed by atoms with Gasteiger partial charge in [-0.15, -0.1) is 0 Å². The lowest BCUT2D eigenvalue weighted by Crippen LogP contribution is -2.35. The number of aromatic nitrogens is 2. The summed E-state index contributed by atoms with van der Waals surface area (Å²) < 4.78 is 2.01. The molecule has 1 unspecified atom stereocenters. The molecule has 1 N–H and O–H groups in total. The Morgan fingerprint density at radius 1 is 1.40 bits per heavy atom. The smallest absolute Gasteiger partial charge is 0.167 e. The lowest BCUT2D eigenvalue weighted by molar-refractivity contribution is -0.131. The van der Waals surface area contributed by atoms with Crippen LogP contribution in [-0.2, 0) is 11.2 Å². The normalized spacial score (nSPS) is 19.0. The molecule has 112 valence electrons. The Hall–Kier alpha value is -1.16. The first kappa shape index (κ1) is 15.2. The second-order valence-electron chi connectivity index (χ2n) is 6.99. The van der Waals surface area contributed by atoms with Crippen LogP contribution >= 0.6 is 0 Å². The van der Waals surface area contributed by atoms with Crippen molar-refractivity contribution in [2.24, 2.45) is 5.41 Å². The minimum absolute atomic E-state index is 0.147. The zero-order valence-electron chi connectivity index (χ0n) is 12.8. The third-order valence-electron chi connectivity index (χ3n) is 4.09.